The number of nitrogens with zero attached hydrogens (tertiary/aromatic N) is 3. The number of benzene rings is 1. The van der Waals surface area contributed by atoms with Crippen molar-refractivity contribution >= 4 is 40.9 Å². The summed E-state index contributed by atoms with van der Waals surface area (Å²) in [5.41, 5.74) is 5.76. The van der Waals surface area contributed by atoms with E-state index in [0.29, 0.717) is 42.3 Å². The van der Waals surface area contributed by atoms with E-state index in [-0.39, 0.29) is 17.2 Å². The molecule has 1 aromatic carbocycles. The van der Waals surface area contributed by atoms with Gasteiger partial charge in [-0.2, -0.15) is 0 Å². The highest BCUT2D eigenvalue weighted by molar-refractivity contribution is 6.31. The highest BCUT2D eigenvalue weighted by Crippen LogP contribution is 2.34. The fraction of sp³-hybridized carbons (Fsp3) is 0.417. The zero-order chi connectivity index (χ0) is 24.3. The van der Waals surface area contributed by atoms with Crippen LogP contribution in [0.3, 0.4) is 0 Å². The lowest BCUT2D eigenvalue weighted by atomic mass is 9.83. The van der Waals surface area contributed by atoms with Crippen LogP contribution < -0.4 is 16.0 Å². The molecule has 0 spiro atoms. The minimum absolute atomic E-state index is 0.0200. The Morgan fingerprint density at radius 1 is 1.06 bits per heavy atom. The van der Waals surface area contributed by atoms with Crippen molar-refractivity contribution in [2.75, 3.05) is 36.4 Å². The highest BCUT2D eigenvalue weighted by Gasteiger charge is 2.45. The summed E-state index contributed by atoms with van der Waals surface area (Å²) in [5.74, 6) is -1.58. The summed E-state index contributed by atoms with van der Waals surface area (Å²) in [6, 6.07) is 7.86. The number of aromatic carboxylic acids is 1. The Labute approximate surface area is 202 Å². The lowest BCUT2D eigenvalue weighted by Crippen LogP contribution is -2.63. The number of nitrogens with one attached hydrogen (secondary N) is 1. The first-order chi connectivity index (χ1) is 16.3. The second-order valence-electron chi connectivity index (χ2n) is 8.80. The van der Waals surface area contributed by atoms with E-state index in [1.54, 1.807) is 18.2 Å². The number of halogens is 1. The van der Waals surface area contributed by atoms with Gasteiger partial charge in [0.1, 0.15) is 16.9 Å². The Morgan fingerprint density at radius 2 is 1.76 bits per heavy atom. The quantitative estimate of drug-likeness (QED) is 0.573. The fourth-order valence-corrected chi connectivity index (χ4v) is 5.09. The second kappa shape index (κ2) is 9.99. The molecule has 2 amide bonds. The number of piperidine rings is 2. The van der Waals surface area contributed by atoms with E-state index >= 15 is 0 Å². The number of hydrogen-bond donors (Lipinski definition) is 3. The van der Waals surface area contributed by atoms with Crippen molar-refractivity contribution < 1.29 is 19.5 Å². The van der Waals surface area contributed by atoms with Gasteiger partial charge in [0.25, 0.3) is 5.91 Å². The minimum atomic E-state index is -1.15. The number of likely N-dealkylation sites (tertiary alicyclic amines) is 1. The molecular formula is C24H28ClN5O4. The maximum Gasteiger partial charge on any atom is 0.339 e. The van der Waals surface area contributed by atoms with E-state index in [4.69, 9.17) is 17.3 Å². The van der Waals surface area contributed by atoms with Crippen molar-refractivity contribution in [3.63, 3.8) is 0 Å². The standard InChI is InChI=1S/C24H28ClN5O4/c25-17-6-4-5-16(13-17)21(31)28-18-14-19(22(32)33)20(27-15-18)29-11-7-24(8-12-29,23(26)34)30-9-2-1-3-10-30/h4-6,13-15H,1-3,7-12H2,(H2,26,34)(H,28,31)(H,32,33). The molecule has 34 heavy (non-hydrogen) atoms. The number of primary amides is 1. The number of carboxylic acid groups (broad SMARTS) is 1. The van der Waals surface area contributed by atoms with Gasteiger partial charge in [0.2, 0.25) is 5.91 Å². The summed E-state index contributed by atoms with van der Waals surface area (Å²) in [4.78, 5) is 45.5. The van der Waals surface area contributed by atoms with Crippen LogP contribution in [0.15, 0.2) is 36.5 Å². The molecule has 4 N–H and O–H groups in total. The van der Waals surface area contributed by atoms with E-state index < -0.39 is 17.4 Å². The lowest BCUT2D eigenvalue weighted by molar-refractivity contribution is -0.132. The van der Waals surface area contributed by atoms with Crippen molar-refractivity contribution in [3.8, 4) is 0 Å². The maximum atomic E-state index is 12.5. The Hall–Kier alpha value is -3.17. The van der Waals surface area contributed by atoms with Gasteiger partial charge in [0.05, 0.1) is 11.9 Å². The SMILES string of the molecule is NC(=O)C1(N2CCCCC2)CCN(c2ncc(NC(=O)c3cccc(Cl)c3)cc2C(=O)O)CC1. The molecule has 0 radical (unpaired) electrons. The van der Waals surface area contributed by atoms with Gasteiger partial charge in [-0.3, -0.25) is 14.5 Å². The van der Waals surface area contributed by atoms with Crippen LogP contribution >= 0.6 is 11.6 Å². The predicted molar refractivity (Wildman–Crippen MR) is 129 cm³/mol. The maximum absolute atomic E-state index is 12.5. The third-order valence-corrected chi connectivity index (χ3v) is 6.99. The summed E-state index contributed by atoms with van der Waals surface area (Å²) >= 11 is 5.95. The molecule has 2 saturated heterocycles. The molecule has 0 bridgehead atoms. The van der Waals surface area contributed by atoms with Crippen molar-refractivity contribution in [3.05, 3.63) is 52.7 Å². The molecule has 9 nitrogen and oxygen atoms in total. The normalized spacial score (nSPS) is 18.3. The molecule has 180 valence electrons. The zero-order valence-corrected chi connectivity index (χ0v) is 19.6. The van der Waals surface area contributed by atoms with Crippen molar-refractivity contribution in [1.29, 1.82) is 0 Å². The number of rotatable bonds is 6. The average Bonchev–Trinajstić information content (AvgIpc) is 2.84. The van der Waals surface area contributed by atoms with Crippen LogP contribution in [-0.4, -0.2) is 64.5 Å². The predicted octanol–water partition coefficient (Wildman–Crippen LogP) is 3.00. The molecule has 2 aliphatic heterocycles. The molecule has 0 aliphatic carbocycles. The van der Waals surface area contributed by atoms with E-state index in [1.807, 2.05) is 4.90 Å². The summed E-state index contributed by atoms with van der Waals surface area (Å²) in [6.45, 7) is 2.62. The molecule has 3 heterocycles. The van der Waals surface area contributed by atoms with E-state index in [0.717, 1.165) is 32.4 Å². The van der Waals surface area contributed by atoms with Gasteiger partial charge in [-0.25, -0.2) is 9.78 Å². The van der Waals surface area contributed by atoms with E-state index in [1.165, 1.54) is 18.3 Å². The molecule has 4 rings (SSSR count). The summed E-state index contributed by atoms with van der Waals surface area (Å²) in [7, 11) is 0. The summed E-state index contributed by atoms with van der Waals surface area (Å²) in [5, 5.41) is 12.9. The van der Waals surface area contributed by atoms with E-state index in [9.17, 15) is 19.5 Å². The fourth-order valence-electron chi connectivity index (χ4n) is 4.90. The average molecular weight is 486 g/mol. The summed E-state index contributed by atoms with van der Waals surface area (Å²) in [6.07, 6.45) is 5.71. The number of hydrogen-bond acceptors (Lipinski definition) is 6. The number of nitrogens with two attached hydrogens (primary N) is 1. The first-order valence-corrected chi connectivity index (χ1v) is 11.8. The smallest absolute Gasteiger partial charge is 0.339 e. The van der Waals surface area contributed by atoms with Crippen LogP contribution in [0.25, 0.3) is 0 Å². The number of anilines is 2. The highest BCUT2D eigenvalue weighted by atomic mass is 35.5. The molecule has 10 heteroatoms. The third-order valence-electron chi connectivity index (χ3n) is 6.75. The number of amides is 2. The Balaban J connectivity index is 1.51. The third kappa shape index (κ3) is 4.85. The first kappa shape index (κ1) is 24.0. The van der Waals surface area contributed by atoms with Gasteiger partial charge in [-0.1, -0.05) is 24.1 Å². The number of pyridine rings is 1. The molecule has 0 unspecified atom stereocenters. The molecule has 2 fully saturated rings. The Morgan fingerprint density at radius 3 is 2.38 bits per heavy atom. The van der Waals surface area contributed by atoms with Gasteiger partial charge in [-0.05, 0) is 63.0 Å². The van der Waals surface area contributed by atoms with Crippen LogP contribution in [0, 0.1) is 0 Å². The molecular weight excluding hydrogens is 458 g/mol. The van der Waals surface area contributed by atoms with Crippen molar-refractivity contribution in [2.24, 2.45) is 5.73 Å². The van der Waals surface area contributed by atoms with Crippen LogP contribution in [-0.2, 0) is 4.79 Å². The lowest BCUT2D eigenvalue weighted by Gasteiger charge is -2.48. The molecule has 0 atom stereocenters. The number of carbonyl (C=O) groups is 3. The topological polar surface area (TPSA) is 129 Å². The monoisotopic (exact) mass is 485 g/mol. The van der Waals surface area contributed by atoms with Crippen LogP contribution in [0.4, 0.5) is 11.5 Å². The largest absolute Gasteiger partial charge is 0.478 e. The van der Waals surface area contributed by atoms with Crippen LogP contribution in [0.2, 0.25) is 5.02 Å². The first-order valence-electron chi connectivity index (χ1n) is 11.4. The van der Waals surface area contributed by atoms with E-state index in [2.05, 4.69) is 15.2 Å². The minimum Gasteiger partial charge on any atom is -0.478 e. The van der Waals surface area contributed by atoms with Gasteiger partial charge >= 0.3 is 5.97 Å². The number of carboxylic acids is 1. The number of aromatic nitrogens is 1. The molecule has 2 aliphatic rings. The number of carbonyl (C=O) groups excluding carboxylic acids is 2. The Bertz CT molecular complexity index is 1090. The van der Waals surface area contributed by atoms with Crippen LogP contribution in [0.1, 0.15) is 52.8 Å². The molecule has 2 aromatic rings. The molecule has 1 aromatic heterocycles. The van der Waals surface area contributed by atoms with Gasteiger partial charge in [0, 0.05) is 23.7 Å². The van der Waals surface area contributed by atoms with Gasteiger partial charge in [0.15, 0.2) is 0 Å². The zero-order valence-electron chi connectivity index (χ0n) is 18.8. The second-order valence-corrected chi connectivity index (χ2v) is 9.23. The van der Waals surface area contributed by atoms with Gasteiger partial charge < -0.3 is 21.1 Å². The molecule has 0 saturated carbocycles. The van der Waals surface area contributed by atoms with Crippen molar-refractivity contribution in [1.82, 2.24) is 9.88 Å². The van der Waals surface area contributed by atoms with Gasteiger partial charge in [-0.15, -0.1) is 0 Å². The van der Waals surface area contributed by atoms with Crippen LogP contribution in [0.5, 0.6) is 0 Å². The van der Waals surface area contributed by atoms with Crippen molar-refractivity contribution in [2.45, 2.75) is 37.6 Å². The summed E-state index contributed by atoms with van der Waals surface area (Å²) < 4.78 is 0. The Kier molecular flexibility index (Phi) is 7.04.